The zero-order valence-corrected chi connectivity index (χ0v) is 9.31. The molecule has 3 nitrogen and oxygen atoms in total. The van der Waals surface area contributed by atoms with Crippen molar-refractivity contribution in [3.63, 3.8) is 0 Å². The predicted molar refractivity (Wildman–Crippen MR) is 60.8 cm³/mol. The molecule has 5 heteroatoms. The highest BCUT2D eigenvalue weighted by Gasteiger charge is 2.18. The van der Waals surface area contributed by atoms with Gasteiger partial charge in [0.05, 0.1) is 10.7 Å². The Kier molecular flexibility index (Phi) is 3.13. The molecule has 14 heavy (non-hydrogen) atoms. The molecule has 0 radical (unpaired) electrons. The summed E-state index contributed by atoms with van der Waals surface area (Å²) in [5.41, 5.74) is 6.49. The lowest BCUT2D eigenvalue weighted by Crippen LogP contribution is -2.11. The summed E-state index contributed by atoms with van der Waals surface area (Å²) in [5.74, 6) is 3.19. The van der Waals surface area contributed by atoms with Crippen molar-refractivity contribution >= 4 is 29.2 Å². The zero-order chi connectivity index (χ0) is 9.97. The van der Waals surface area contributed by atoms with Crippen molar-refractivity contribution in [1.82, 2.24) is 10.2 Å². The smallest absolute Gasteiger partial charge is 0.164 e. The van der Waals surface area contributed by atoms with E-state index in [0.717, 1.165) is 11.4 Å². The van der Waals surface area contributed by atoms with Gasteiger partial charge in [-0.25, -0.2) is 0 Å². The molecule has 2 N–H and O–H groups in total. The van der Waals surface area contributed by atoms with Gasteiger partial charge in [0.25, 0.3) is 0 Å². The number of halogens is 1. The predicted octanol–water partition coefficient (Wildman–Crippen LogP) is 2.32. The molecular weight excluding hydrogens is 218 g/mol. The first-order valence-electron chi connectivity index (χ1n) is 4.63. The normalized spacial score (nSPS) is 22.2. The van der Waals surface area contributed by atoms with E-state index in [0.29, 0.717) is 16.8 Å². The maximum absolute atomic E-state index is 5.90. The van der Waals surface area contributed by atoms with Gasteiger partial charge in [-0.1, -0.05) is 11.6 Å². The first-order valence-corrected chi connectivity index (χ1v) is 6.17. The van der Waals surface area contributed by atoms with Crippen LogP contribution in [-0.4, -0.2) is 21.7 Å². The van der Waals surface area contributed by atoms with Gasteiger partial charge in [0.2, 0.25) is 0 Å². The highest BCUT2D eigenvalue weighted by molar-refractivity contribution is 7.99. The van der Waals surface area contributed by atoms with Gasteiger partial charge < -0.3 is 5.73 Å². The number of hydrogen-bond donors (Lipinski definition) is 1. The molecule has 2 rings (SSSR count). The average Bonchev–Trinajstić information content (AvgIpc) is 2.23. The van der Waals surface area contributed by atoms with Crippen LogP contribution in [0.3, 0.4) is 0 Å². The summed E-state index contributed by atoms with van der Waals surface area (Å²) < 4.78 is 0. The van der Waals surface area contributed by atoms with Crippen LogP contribution in [0.1, 0.15) is 24.5 Å². The molecule has 0 bridgehead atoms. The van der Waals surface area contributed by atoms with Crippen LogP contribution in [-0.2, 0) is 0 Å². The maximum atomic E-state index is 5.90. The monoisotopic (exact) mass is 229 g/mol. The molecule has 0 saturated carbocycles. The van der Waals surface area contributed by atoms with Crippen LogP contribution in [0, 0.1) is 0 Å². The summed E-state index contributed by atoms with van der Waals surface area (Å²) in [7, 11) is 0. The number of anilines is 1. The summed E-state index contributed by atoms with van der Waals surface area (Å²) in [5, 5.41) is 8.45. The van der Waals surface area contributed by atoms with Crippen LogP contribution in [0.5, 0.6) is 0 Å². The topological polar surface area (TPSA) is 51.8 Å². The van der Waals surface area contributed by atoms with Crippen LogP contribution >= 0.6 is 23.4 Å². The molecule has 1 fully saturated rings. The number of aromatic nitrogens is 2. The Morgan fingerprint density at radius 3 is 3.00 bits per heavy atom. The molecule has 1 atom stereocenters. The maximum Gasteiger partial charge on any atom is 0.164 e. The molecule has 2 heterocycles. The van der Waals surface area contributed by atoms with Crippen LogP contribution in [0.25, 0.3) is 0 Å². The molecule has 0 aromatic carbocycles. The average molecular weight is 230 g/mol. The SMILES string of the molecule is Nc1nnc(C2CCCSC2)cc1Cl. The van der Waals surface area contributed by atoms with Crippen LogP contribution < -0.4 is 5.73 Å². The quantitative estimate of drug-likeness (QED) is 0.803. The fourth-order valence-corrected chi connectivity index (χ4v) is 2.87. The molecule has 1 aliphatic rings. The summed E-state index contributed by atoms with van der Waals surface area (Å²) in [6, 6.07) is 1.85. The second kappa shape index (κ2) is 4.36. The molecule has 0 amide bonds. The van der Waals surface area contributed by atoms with Gasteiger partial charge in [0, 0.05) is 11.7 Å². The molecule has 0 spiro atoms. The lowest BCUT2D eigenvalue weighted by molar-refractivity contribution is 0.634. The first kappa shape index (κ1) is 10.1. The lowest BCUT2D eigenvalue weighted by Gasteiger charge is -2.20. The molecule has 1 unspecified atom stereocenters. The molecule has 1 aliphatic heterocycles. The Morgan fingerprint density at radius 2 is 2.36 bits per heavy atom. The highest BCUT2D eigenvalue weighted by Crippen LogP contribution is 2.31. The van der Waals surface area contributed by atoms with E-state index in [4.69, 9.17) is 17.3 Å². The third-order valence-electron chi connectivity index (χ3n) is 2.37. The third kappa shape index (κ3) is 2.12. The van der Waals surface area contributed by atoms with Crippen LogP contribution in [0.4, 0.5) is 5.82 Å². The minimum Gasteiger partial charge on any atom is -0.381 e. The Labute approximate surface area is 92.4 Å². The lowest BCUT2D eigenvalue weighted by atomic mass is 10.0. The van der Waals surface area contributed by atoms with Gasteiger partial charge in [-0.2, -0.15) is 16.9 Å². The fourth-order valence-electron chi connectivity index (χ4n) is 1.57. The Hall–Kier alpha value is -0.480. The molecular formula is C9H12ClN3S. The van der Waals surface area contributed by atoms with Gasteiger partial charge in [-0.3, -0.25) is 0 Å². The number of nitrogens with two attached hydrogens (primary N) is 1. The third-order valence-corrected chi connectivity index (χ3v) is 3.89. The van der Waals surface area contributed by atoms with Crippen molar-refractivity contribution in [3.05, 3.63) is 16.8 Å². The van der Waals surface area contributed by atoms with Gasteiger partial charge in [-0.15, -0.1) is 5.10 Å². The van der Waals surface area contributed by atoms with Gasteiger partial charge in [-0.05, 0) is 24.7 Å². The zero-order valence-electron chi connectivity index (χ0n) is 7.74. The van der Waals surface area contributed by atoms with Crippen molar-refractivity contribution in [2.24, 2.45) is 0 Å². The van der Waals surface area contributed by atoms with Crippen LogP contribution in [0.15, 0.2) is 6.07 Å². The minimum absolute atomic E-state index is 0.318. The van der Waals surface area contributed by atoms with E-state index >= 15 is 0 Å². The number of rotatable bonds is 1. The van der Waals surface area contributed by atoms with Crippen molar-refractivity contribution in [3.8, 4) is 0 Å². The van der Waals surface area contributed by atoms with E-state index in [1.165, 1.54) is 18.6 Å². The fraction of sp³-hybridized carbons (Fsp3) is 0.556. The van der Waals surface area contributed by atoms with Gasteiger partial charge in [0.1, 0.15) is 0 Å². The van der Waals surface area contributed by atoms with E-state index < -0.39 is 0 Å². The van der Waals surface area contributed by atoms with E-state index in [9.17, 15) is 0 Å². The Bertz CT molecular complexity index is 326. The van der Waals surface area contributed by atoms with Crippen molar-refractivity contribution < 1.29 is 0 Å². The van der Waals surface area contributed by atoms with E-state index in [1.807, 2.05) is 17.8 Å². The van der Waals surface area contributed by atoms with Crippen molar-refractivity contribution in [2.45, 2.75) is 18.8 Å². The van der Waals surface area contributed by atoms with E-state index in [2.05, 4.69) is 10.2 Å². The molecule has 1 aromatic rings. The number of nitrogens with zero attached hydrogens (tertiary/aromatic N) is 2. The standard InChI is InChI=1S/C9H12ClN3S/c10-7-4-8(12-13-9(7)11)6-2-1-3-14-5-6/h4,6H,1-3,5H2,(H2,11,13). The number of hydrogen-bond acceptors (Lipinski definition) is 4. The molecule has 0 aliphatic carbocycles. The summed E-state index contributed by atoms with van der Waals surface area (Å²) in [4.78, 5) is 0. The van der Waals surface area contributed by atoms with Gasteiger partial charge >= 0.3 is 0 Å². The Morgan fingerprint density at radius 1 is 1.50 bits per heavy atom. The van der Waals surface area contributed by atoms with Gasteiger partial charge in [0.15, 0.2) is 5.82 Å². The Balaban J connectivity index is 2.18. The summed E-state index contributed by atoms with van der Waals surface area (Å²) >= 11 is 7.86. The van der Waals surface area contributed by atoms with E-state index in [1.54, 1.807) is 0 Å². The second-order valence-corrected chi connectivity index (χ2v) is 4.97. The molecule has 76 valence electrons. The minimum atomic E-state index is 0.318. The number of nitrogen functional groups attached to an aromatic ring is 1. The summed E-state index contributed by atoms with van der Waals surface area (Å²) in [6.45, 7) is 0. The number of thioether (sulfide) groups is 1. The van der Waals surface area contributed by atoms with Crippen LogP contribution in [0.2, 0.25) is 5.02 Å². The highest BCUT2D eigenvalue weighted by atomic mass is 35.5. The summed E-state index contributed by atoms with van der Waals surface area (Å²) in [6.07, 6.45) is 2.43. The van der Waals surface area contributed by atoms with Crippen molar-refractivity contribution in [1.29, 1.82) is 0 Å². The van der Waals surface area contributed by atoms with E-state index in [-0.39, 0.29) is 0 Å². The largest absolute Gasteiger partial charge is 0.381 e. The second-order valence-electron chi connectivity index (χ2n) is 3.42. The van der Waals surface area contributed by atoms with Crippen molar-refractivity contribution in [2.75, 3.05) is 17.2 Å². The molecule has 1 aromatic heterocycles. The molecule has 1 saturated heterocycles. The first-order chi connectivity index (χ1) is 6.77.